The fraction of sp³-hybridized carbons (Fsp3) is 0.316. The first-order valence-electron chi connectivity index (χ1n) is 8.73. The topological polar surface area (TPSA) is 85.2 Å². The minimum atomic E-state index is -0.277. The molecule has 0 unspecified atom stereocenters. The molecule has 9 heteroatoms. The summed E-state index contributed by atoms with van der Waals surface area (Å²) in [5.74, 6) is -0.530. The summed E-state index contributed by atoms with van der Waals surface area (Å²) in [4.78, 5) is 25.6. The van der Waals surface area contributed by atoms with Crippen LogP contribution in [0.4, 0.5) is 0 Å². The predicted octanol–water partition coefficient (Wildman–Crippen LogP) is 2.60. The van der Waals surface area contributed by atoms with Crippen molar-refractivity contribution in [1.29, 1.82) is 0 Å². The first kappa shape index (κ1) is 20.3. The summed E-state index contributed by atoms with van der Waals surface area (Å²) in [5.41, 5.74) is 1.93. The number of rotatable bonds is 8. The molecule has 3 rings (SSSR count). The lowest BCUT2D eigenvalue weighted by molar-refractivity contribution is -0.120. The maximum atomic E-state index is 12.4. The van der Waals surface area contributed by atoms with Gasteiger partial charge >= 0.3 is 0 Å². The lowest BCUT2D eigenvalue weighted by atomic mass is 10.2. The molecule has 0 spiro atoms. The number of nitrogens with zero attached hydrogens (tertiary/aromatic N) is 2. The third-order valence-electron chi connectivity index (χ3n) is 4.11. The molecule has 0 aliphatic carbocycles. The summed E-state index contributed by atoms with van der Waals surface area (Å²) >= 11 is 7.30. The molecule has 148 valence electrons. The van der Waals surface area contributed by atoms with Crippen LogP contribution in [-0.4, -0.2) is 48.4 Å². The molecule has 0 radical (unpaired) electrons. The third kappa shape index (κ3) is 4.89. The Hall–Kier alpha value is -2.42. The Morgan fingerprint density at radius 3 is 2.71 bits per heavy atom. The number of carbonyl (C=O) groups excluding carboxylic acids is 2. The number of aromatic nitrogens is 2. The monoisotopic (exact) mass is 420 g/mol. The maximum absolute atomic E-state index is 12.4. The minimum absolute atomic E-state index is 0.0767. The second kappa shape index (κ2) is 9.18. The number of nitrogens with one attached hydrogen (secondary N) is 2. The van der Waals surface area contributed by atoms with Gasteiger partial charge in [-0.2, -0.15) is 5.10 Å². The molecule has 3 aromatic rings. The van der Waals surface area contributed by atoms with Crippen molar-refractivity contribution in [3.05, 3.63) is 51.5 Å². The van der Waals surface area contributed by atoms with Crippen LogP contribution in [0.5, 0.6) is 0 Å². The molecule has 28 heavy (non-hydrogen) atoms. The van der Waals surface area contributed by atoms with Crippen LogP contribution in [-0.2, 0) is 16.1 Å². The van der Waals surface area contributed by atoms with Gasteiger partial charge in [-0.1, -0.05) is 23.7 Å². The Labute approximate surface area is 171 Å². The lowest BCUT2D eigenvalue weighted by Gasteiger charge is -2.05. The van der Waals surface area contributed by atoms with E-state index in [1.165, 1.54) is 11.3 Å². The molecule has 2 amide bonds. The van der Waals surface area contributed by atoms with E-state index in [1.807, 2.05) is 41.9 Å². The summed E-state index contributed by atoms with van der Waals surface area (Å²) in [6.07, 6.45) is 0. The Morgan fingerprint density at radius 1 is 1.25 bits per heavy atom. The molecular weight excluding hydrogens is 400 g/mol. The van der Waals surface area contributed by atoms with Crippen molar-refractivity contribution in [3.63, 3.8) is 0 Å². The highest BCUT2D eigenvalue weighted by atomic mass is 35.5. The van der Waals surface area contributed by atoms with Crippen LogP contribution < -0.4 is 10.6 Å². The Morgan fingerprint density at radius 2 is 2.00 bits per heavy atom. The van der Waals surface area contributed by atoms with Gasteiger partial charge in [0.25, 0.3) is 5.91 Å². The van der Waals surface area contributed by atoms with Crippen LogP contribution in [0.15, 0.2) is 30.3 Å². The number of ether oxygens (including phenoxy) is 1. The SMILES string of the molecule is COCCNC(=O)CNC(=O)c1cc2c(C)nn(Cc3ccc(Cl)cc3)c2s1. The maximum Gasteiger partial charge on any atom is 0.261 e. The van der Waals surface area contributed by atoms with Crippen molar-refractivity contribution in [3.8, 4) is 0 Å². The van der Waals surface area contributed by atoms with E-state index < -0.39 is 0 Å². The molecule has 2 heterocycles. The predicted molar refractivity (Wildman–Crippen MR) is 110 cm³/mol. The molecular formula is C19H21ClN4O3S. The van der Waals surface area contributed by atoms with E-state index in [0.717, 1.165) is 21.5 Å². The first-order valence-corrected chi connectivity index (χ1v) is 9.92. The Balaban J connectivity index is 1.69. The van der Waals surface area contributed by atoms with Crippen molar-refractivity contribution in [2.45, 2.75) is 13.5 Å². The number of aryl methyl sites for hydroxylation is 1. The molecule has 7 nitrogen and oxygen atoms in total. The van der Waals surface area contributed by atoms with Crippen molar-refractivity contribution >= 4 is 45.0 Å². The summed E-state index contributed by atoms with van der Waals surface area (Å²) in [6, 6.07) is 9.41. The lowest BCUT2D eigenvalue weighted by Crippen LogP contribution is -2.37. The molecule has 0 aliphatic rings. The highest BCUT2D eigenvalue weighted by Gasteiger charge is 2.17. The van der Waals surface area contributed by atoms with Crippen LogP contribution in [0.3, 0.4) is 0 Å². The first-order chi connectivity index (χ1) is 13.5. The zero-order valence-corrected chi connectivity index (χ0v) is 17.2. The van der Waals surface area contributed by atoms with Crippen molar-refractivity contribution < 1.29 is 14.3 Å². The number of benzene rings is 1. The second-order valence-corrected chi connectivity index (χ2v) is 7.69. The van der Waals surface area contributed by atoms with Gasteiger partial charge in [-0.05, 0) is 30.7 Å². The zero-order valence-electron chi connectivity index (χ0n) is 15.6. The average Bonchev–Trinajstić information content (AvgIpc) is 3.23. The van der Waals surface area contributed by atoms with E-state index in [-0.39, 0.29) is 18.4 Å². The van der Waals surface area contributed by atoms with Crippen molar-refractivity contribution in [1.82, 2.24) is 20.4 Å². The van der Waals surface area contributed by atoms with Crippen LogP contribution in [0.1, 0.15) is 20.9 Å². The van der Waals surface area contributed by atoms with E-state index >= 15 is 0 Å². The van der Waals surface area contributed by atoms with Gasteiger partial charge in [0.05, 0.1) is 30.3 Å². The number of methoxy groups -OCH3 is 1. The summed E-state index contributed by atoms with van der Waals surface area (Å²) < 4.78 is 6.75. The van der Waals surface area contributed by atoms with Crippen LogP contribution in [0.2, 0.25) is 5.02 Å². The standard InChI is InChI=1S/C19H21ClN4O3S/c1-12-15-9-16(18(26)22-10-17(25)21-7-8-27-2)28-19(15)24(23-12)11-13-3-5-14(20)6-4-13/h3-6,9H,7-8,10-11H2,1-2H3,(H,21,25)(H,22,26). The van der Waals surface area contributed by atoms with Crippen molar-refractivity contribution in [2.24, 2.45) is 0 Å². The fourth-order valence-electron chi connectivity index (χ4n) is 2.70. The molecule has 0 saturated carbocycles. The number of hydrogen-bond acceptors (Lipinski definition) is 5. The smallest absolute Gasteiger partial charge is 0.261 e. The number of hydrogen-bond donors (Lipinski definition) is 2. The Bertz CT molecular complexity index is 981. The van der Waals surface area contributed by atoms with E-state index in [9.17, 15) is 9.59 Å². The normalized spacial score (nSPS) is 11.0. The third-order valence-corrected chi connectivity index (χ3v) is 5.51. The van der Waals surface area contributed by atoms with Crippen molar-refractivity contribution in [2.75, 3.05) is 26.8 Å². The van der Waals surface area contributed by atoms with Crippen LogP contribution in [0, 0.1) is 6.92 Å². The number of halogens is 1. The van der Waals surface area contributed by atoms with Gasteiger partial charge < -0.3 is 15.4 Å². The van der Waals surface area contributed by atoms with Gasteiger partial charge in [0.2, 0.25) is 5.91 Å². The van der Waals surface area contributed by atoms with E-state index in [1.54, 1.807) is 7.11 Å². The largest absolute Gasteiger partial charge is 0.383 e. The quantitative estimate of drug-likeness (QED) is 0.548. The molecule has 1 aromatic carbocycles. The van der Waals surface area contributed by atoms with Gasteiger partial charge in [0, 0.05) is 24.1 Å². The minimum Gasteiger partial charge on any atom is -0.383 e. The van der Waals surface area contributed by atoms with E-state index in [2.05, 4.69) is 15.7 Å². The average molecular weight is 421 g/mol. The number of fused-ring (bicyclic) bond motifs is 1. The summed E-state index contributed by atoms with van der Waals surface area (Å²) in [5, 5.41) is 11.5. The van der Waals surface area contributed by atoms with E-state index in [4.69, 9.17) is 16.3 Å². The fourth-order valence-corrected chi connectivity index (χ4v) is 3.90. The summed E-state index contributed by atoms with van der Waals surface area (Å²) in [6.45, 7) is 3.27. The van der Waals surface area contributed by atoms with Crippen LogP contribution >= 0.6 is 22.9 Å². The molecule has 0 saturated heterocycles. The second-order valence-electron chi connectivity index (χ2n) is 6.22. The molecule has 2 N–H and O–H groups in total. The van der Waals surface area contributed by atoms with Gasteiger partial charge in [-0.3, -0.25) is 14.3 Å². The highest BCUT2D eigenvalue weighted by Crippen LogP contribution is 2.29. The van der Waals surface area contributed by atoms with Crippen LogP contribution in [0.25, 0.3) is 10.2 Å². The number of thiophene rings is 1. The van der Waals surface area contributed by atoms with Gasteiger partial charge in [-0.25, -0.2) is 0 Å². The molecule has 0 aliphatic heterocycles. The number of amides is 2. The number of carbonyl (C=O) groups is 2. The summed E-state index contributed by atoms with van der Waals surface area (Å²) in [7, 11) is 1.56. The molecule has 0 bridgehead atoms. The molecule has 0 atom stereocenters. The van der Waals surface area contributed by atoms with E-state index in [0.29, 0.717) is 29.6 Å². The van der Waals surface area contributed by atoms with Gasteiger partial charge in [0.1, 0.15) is 4.83 Å². The molecule has 0 fully saturated rings. The Kier molecular flexibility index (Phi) is 6.66. The molecule has 2 aromatic heterocycles. The van der Waals surface area contributed by atoms with Gasteiger partial charge in [0.15, 0.2) is 0 Å². The highest BCUT2D eigenvalue weighted by molar-refractivity contribution is 7.20. The zero-order chi connectivity index (χ0) is 20.1. The van der Waals surface area contributed by atoms with Gasteiger partial charge in [-0.15, -0.1) is 11.3 Å².